The molecule has 1 N–H and O–H groups in total. The van der Waals surface area contributed by atoms with Crippen LogP contribution in [0.4, 0.5) is 20.6 Å². The highest BCUT2D eigenvalue weighted by atomic mass is 35.6. The first-order valence-corrected chi connectivity index (χ1v) is 10.1. The number of nitrogens with zero attached hydrogens (tertiary/aromatic N) is 3. The molecule has 1 saturated heterocycles. The number of nitrogens with one attached hydrogen (secondary N) is 1. The van der Waals surface area contributed by atoms with Gasteiger partial charge in [-0.3, -0.25) is 9.69 Å². The fraction of sp³-hybridized carbons (Fsp3) is 0.167. The molecular formula is C18H12Cl5FN4O2. The lowest BCUT2D eigenvalue weighted by atomic mass is 10.3. The molecule has 3 amide bonds. The molecule has 3 rings (SSSR count). The second-order valence-electron chi connectivity index (χ2n) is 6.10. The number of carbonyl (C=O) groups is 2. The summed E-state index contributed by atoms with van der Waals surface area (Å²) in [6, 6.07) is 9.07. The molecule has 1 aliphatic rings. The van der Waals surface area contributed by atoms with Crippen LogP contribution in [0.2, 0.25) is 10.0 Å². The van der Waals surface area contributed by atoms with Crippen LogP contribution >= 0.6 is 58.0 Å². The number of amides is 3. The minimum Gasteiger partial charge on any atom is -0.359 e. The summed E-state index contributed by atoms with van der Waals surface area (Å²) in [6.07, 6.45) is -1.32. The predicted octanol–water partition coefficient (Wildman–Crippen LogP) is 5.74. The van der Waals surface area contributed by atoms with Gasteiger partial charge in [-0.15, -0.1) is 0 Å². The number of anilines is 2. The van der Waals surface area contributed by atoms with E-state index >= 15 is 0 Å². The molecule has 12 heteroatoms. The maximum Gasteiger partial charge on any atom is 0.337 e. The number of likely N-dealkylation sites (N-methyl/N-ethyl adjacent to an activating group) is 1. The van der Waals surface area contributed by atoms with Gasteiger partial charge in [-0.05, 0) is 30.3 Å². The van der Waals surface area contributed by atoms with Crippen LogP contribution in [0.25, 0.3) is 0 Å². The average molecular weight is 513 g/mol. The number of aliphatic imine (C=N–C) groups is 1. The van der Waals surface area contributed by atoms with E-state index in [1.54, 1.807) is 6.07 Å². The van der Waals surface area contributed by atoms with E-state index in [0.717, 1.165) is 11.0 Å². The van der Waals surface area contributed by atoms with Crippen LogP contribution in [0.15, 0.2) is 47.5 Å². The van der Waals surface area contributed by atoms with Crippen LogP contribution in [0, 0.1) is 5.82 Å². The molecule has 1 heterocycles. The molecule has 6 nitrogen and oxygen atoms in total. The first kappa shape index (κ1) is 22.9. The number of hydrogen-bond donors (Lipinski definition) is 1. The third kappa shape index (κ3) is 4.60. The van der Waals surface area contributed by atoms with Crippen LogP contribution in [0.3, 0.4) is 0 Å². The van der Waals surface area contributed by atoms with Crippen LogP contribution in [-0.4, -0.2) is 39.7 Å². The summed E-state index contributed by atoms with van der Waals surface area (Å²) in [7, 11) is 1.30. The highest BCUT2D eigenvalue weighted by Crippen LogP contribution is 2.36. The average Bonchev–Trinajstić information content (AvgIpc) is 2.86. The maximum absolute atomic E-state index is 14.2. The Labute approximate surface area is 196 Å². The van der Waals surface area contributed by atoms with E-state index in [9.17, 15) is 14.0 Å². The van der Waals surface area contributed by atoms with Gasteiger partial charge in [-0.25, -0.2) is 19.1 Å². The molecule has 2 aromatic rings. The van der Waals surface area contributed by atoms with E-state index in [4.69, 9.17) is 58.0 Å². The summed E-state index contributed by atoms with van der Waals surface area (Å²) in [5.41, 5.74) is 0.107. The van der Waals surface area contributed by atoms with Gasteiger partial charge in [0.05, 0.1) is 16.4 Å². The summed E-state index contributed by atoms with van der Waals surface area (Å²) < 4.78 is 12.1. The van der Waals surface area contributed by atoms with Crippen LogP contribution < -0.4 is 10.2 Å². The van der Waals surface area contributed by atoms with Crippen molar-refractivity contribution in [3.8, 4) is 0 Å². The fourth-order valence-electron chi connectivity index (χ4n) is 2.62. The van der Waals surface area contributed by atoms with Crippen molar-refractivity contribution < 1.29 is 14.0 Å². The number of urea groups is 1. The maximum atomic E-state index is 14.2. The van der Waals surface area contributed by atoms with Gasteiger partial charge < -0.3 is 5.32 Å². The molecule has 158 valence electrons. The molecule has 0 spiro atoms. The molecule has 0 bridgehead atoms. The zero-order valence-corrected chi connectivity index (χ0v) is 18.8. The minimum absolute atomic E-state index is 0.219. The lowest BCUT2D eigenvalue weighted by molar-refractivity contribution is -0.111. The van der Waals surface area contributed by atoms with Crippen molar-refractivity contribution in [2.24, 2.45) is 4.99 Å². The van der Waals surface area contributed by atoms with Gasteiger partial charge in [-0.2, -0.15) is 0 Å². The molecule has 30 heavy (non-hydrogen) atoms. The van der Waals surface area contributed by atoms with Gasteiger partial charge in [0.25, 0.3) is 0 Å². The lowest BCUT2D eigenvalue weighted by Crippen LogP contribution is -2.36. The van der Waals surface area contributed by atoms with Crippen LogP contribution in [-0.2, 0) is 4.79 Å². The molecule has 0 saturated carbocycles. The van der Waals surface area contributed by atoms with Gasteiger partial charge in [0.2, 0.25) is 9.63 Å². The normalized spacial score (nSPS) is 17.1. The first-order chi connectivity index (χ1) is 14.0. The Morgan fingerprint density at radius 2 is 1.77 bits per heavy atom. The van der Waals surface area contributed by atoms with E-state index in [1.807, 2.05) is 0 Å². The van der Waals surface area contributed by atoms with Crippen molar-refractivity contribution in [1.82, 2.24) is 4.90 Å². The molecular weight excluding hydrogens is 500 g/mol. The van der Waals surface area contributed by atoms with Crippen molar-refractivity contribution in [2.45, 2.75) is 9.96 Å². The highest BCUT2D eigenvalue weighted by molar-refractivity contribution is 6.68. The Kier molecular flexibility index (Phi) is 6.69. The molecule has 2 aromatic carbocycles. The molecule has 0 aliphatic carbocycles. The number of imide groups is 1. The Hall–Kier alpha value is -1.77. The Bertz CT molecular complexity index is 1040. The van der Waals surface area contributed by atoms with E-state index in [-0.39, 0.29) is 16.5 Å². The van der Waals surface area contributed by atoms with Gasteiger partial charge in [-0.1, -0.05) is 70.1 Å². The van der Waals surface area contributed by atoms with E-state index in [2.05, 4.69) is 10.3 Å². The van der Waals surface area contributed by atoms with Crippen molar-refractivity contribution in [3.63, 3.8) is 0 Å². The number of carbonyl (C=O) groups excluding carboxylic acids is 2. The minimum atomic E-state index is -2.04. The Balaban J connectivity index is 1.99. The lowest BCUT2D eigenvalue weighted by Gasteiger charge is -2.24. The summed E-state index contributed by atoms with van der Waals surface area (Å²) in [4.78, 5) is 31.2. The van der Waals surface area contributed by atoms with Crippen molar-refractivity contribution >= 4 is 87.2 Å². The second-order valence-corrected chi connectivity index (χ2v) is 9.31. The van der Waals surface area contributed by atoms with E-state index in [0.29, 0.717) is 15.6 Å². The third-order valence-corrected chi connectivity index (χ3v) is 5.24. The molecule has 1 unspecified atom stereocenters. The summed E-state index contributed by atoms with van der Waals surface area (Å²) in [6.45, 7) is 0. The smallest absolute Gasteiger partial charge is 0.337 e. The predicted molar refractivity (Wildman–Crippen MR) is 119 cm³/mol. The largest absolute Gasteiger partial charge is 0.359 e. The zero-order valence-electron chi connectivity index (χ0n) is 15.0. The van der Waals surface area contributed by atoms with Crippen molar-refractivity contribution in [2.75, 3.05) is 17.3 Å². The number of halogens is 6. The fourth-order valence-corrected chi connectivity index (χ4v) is 3.39. The molecule has 1 fully saturated rings. The molecule has 1 atom stereocenters. The van der Waals surface area contributed by atoms with Crippen LogP contribution in [0.1, 0.15) is 0 Å². The highest BCUT2D eigenvalue weighted by Gasteiger charge is 2.44. The van der Waals surface area contributed by atoms with Crippen LogP contribution in [0.5, 0.6) is 0 Å². The SMILES string of the molecule is CN1C(=O)N(c2ccccc2F)C(=O)C1=NC(Nc1ccc(Cl)cc1Cl)C(Cl)(Cl)Cl. The quantitative estimate of drug-likeness (QED) is 0.420. The third-order valence-electron chi connectivity index (χ3n) is 4.07. The number of rotatable bonds is 4. The first-order valence-electron chi connectivity index (χ1n) is 8.23. The van der Waals surface area contributed by atoms with Gasteiger partial charge in [0.15, 0.2) is 6.17 Å². The topological polar surface area (TPSA) is 65.0 Å². The molecule has 0 aromatic heterocycles. The van der Waals surface area contributed by atoms with Gasteiger partial charge in [0, 0.05) is 12.1 Å². The second kappa shape index (κ2) is 8.77. The molecule has 0 radical (unpaired) electrons. The van der Waals surface area contributed by atoms with E-state index < -0.39 is 27.7 Å². The van der Waals surface area contributed by atoms with Crippen molar-refractivity contribution in [1.29, 1.82) is 0 Å². The molecule has 1 aliphatic heterocycles. The summed E-state index contributed by atoms with van der Waals surface area (Å²) in [5, 5.41) is 3.41. The monoisotopic (exact) mass is 510 g/mol. The van der Waals surface area contributed by atoms with Crippen molar-refractivity contribution in [3.05, 3.63) is 58.3 Å². The number of hydrogen-bond acceptors (Lipinski definition) is 4. The number of alkyl halides is 3. The summed E-state index contributed by atoms with van der Waals surface area (Å²) in [5.74, 6) is -1.98. The Morgan fingerprint density at radius 1 is 1.10 bits per heavy atom. The number of benzene rings is 2. The van der Waals surface area contributed by atoms with E-state index in [1.165, 1.54) is 37.4 Å². The standard InChI is InChI=1S/C18H12Cl5FN4O2/c1-27-14(15(29)28(17(27)30)13-5-3-2-4-11(13)24)26-16(18(21,22)23)25-12-7-6-9(19)8-10(12)20/h2-8,16,25H,1H3. The number of amidine groups is 1. The summed E-state index contributed by atoms with van der Waals surface area (Å²) >= 11 is 30.1. The van der Waals surface area contributed by atoms with Gasteiger partial charge in [0.1, 0.15) is 5.82 Å². The number of para-hydroxylation sites is 1. The van der Waals surface area contributed by atoms with Gasteiger partial charge >= 0.3 is 11.9 Å². The Morgan fingerprint density at radius 3 is 2.37 bits per heavy atom. The zero-order chi connectivity index (χ0) is 22.2.